The number of nitriles is 1. The molecule has 31 heavy (non-hydrogen) atoms. The number of benzene rings is 2. The third-order valence-electron chi connectivity index (χ3n) is 5.55. The fourth-order valence-corrected chi connectivity index (χ4v) is 4.46. The molecule has 2 N–H and O–H groups in total. The zero-order valence-electron chi connectivity index (χ0n) is 16.2. The molecule has 1 atom stereocenters. The highest BCUT2D eigenvalue weighted by atomic mass is 79.9. The molecule has 4 nitrogen and oxygen atoms in total. The Hall–Kier alpha value is -3.05. The minimum Gasteiger partial charge on any atom is -0.384 e. The molecular formula is C23H17BrF3N3O. The predicted octanol–water partition coefficient (Wildman–Crippen LogP) is 5.77. The topological polar surface area (TPSA) is 70.1 Å². The number of ketones is 1. The lowest BCUT2D eigenvalue weighted by Gasteiger charge is -2.39. The van der Waals surface area contributed by atoms with E-state index < -0.39 is 17.7 Å². The first kappa shape index (κ1) is 21.2. The van der Waals surface area contributed by atoms with E-state index in [4.69, 9.17) is 5.73 Å². The fraction of sp³-hybridized carbons (Fsp3) is 0.217. The number of hydrogen-bond donors (Lipinski definition) is 1. The van der Waals surface area contributed by atoms with Gasteiger partial charge in [0, 0.05) is 27.9 Å². The number of nitrogens with two attached hydrogens (primary N) is 1. The number of anilines is 1. The number of allylic oxidation sites excluding steroid dienone is 3. The Morgan fingerprint density at radius 1 is 1.13 bits per heavy atom. The number of nitrogens with zero attached hydrogens (tertiary/aromatic N) is 2. The number of rotatable bonds is 2. The summed E-state index contributed by atoms with van der Waals surface area (Å²) in [5, 5.41) is 9.94. The number of Topliss-reactive ketones (excluding diaryl/α,β-unsaturated/α-hetero) is 1. The van der Waals surface area contributed by atoms with Crippen molar-refractivity contribution in [3.05, 3.63) is 86.8 Å². The molecule has 1 heterocycles. The standard InChI is InChI=1S/C23H17BrF3N3O/c24-15-9-7-13(8-10-15)20-17(12-28)22(29)30(18-5-2-6-19(31)21(18)20)16-4-1-3-14(11-16)23(25,26)27/h1,3-4,7-11,20H,2,5-6,29H2. The van der Waals surface area contributed by atoms with E-state index in [1.807, 2.05) is 24.3 Å². The zero-order valence-corrected chi connectivity index (χ0v) is 17.8. The van der Waals surface area contributed by atoms with Crippen molar-refractivity contribution in [2.75, 3.05) is 4.90 Å². The van der Waals surface area contributed by atoms with Gasteiger partial charge in [-0.05, 0) is 48.7 Å². The van der Waals surface area contributed by atoms with Crippen molar-refractivity contribution in [1.29, 1.82) is 5.26 Å². The molecule has 0 saturated heterocycles. The second-order valence-electron chi connectivity index (χ2n) is 7.42. The van der Waals surface area contributed by atoms with Gasteiger partial charge in [0.1, 0.15) is 5.82 Å². The van der Waals surface area contributed by atoms with Crippen LogP contribution in [0, 0.1) is 11.3 Å². The summed E-state index contributed by atoms with van der Waals surface area (Å²) in [5.74, 6) is -0.725. The molecule has 0 spiro atoms. The molecule has 2 aromatic carbocycles. The maximum absolute atomic E-state index is 13.3. The van der Waals surface area contributed by atoms with Crippen LogP contribution in [0.1, 0.15) is 36.3 Å². The monoisotopic (exact) mass is 487 g/mol. The maximum Gasteiger partial charge on any atom is 0.416 e. The number of hydrogen-bond acceptors (Lipinski definition) is 4. The zero-order chi connectivity index (χ0) is 22.3. The summed E-state index contributed by atoms with van der Waals surface area (Å²) < 4.78 is 40.8. The van der Waals surface area contributed by atoms with Gasteiger partial charge < -0.3 is 5.73 Å². The van der Waals surface area contributed by atoms with Crippen LogP contribution in [0.15, 0.2) is 75.7 Å². The lowest BCUT2D eigenvalue weighted by molar-refractivity contribution is -0.137. The minimum atomic E-state index is -4.53. The van der Waals surface area contributed by atoms with Crippen molar-refractivity contribution < 1.29 is 18.0 Å². The van der Waals surface area contributed by atoms with Crippen LogP contribution in [0.2, 0.25) is 0 Å². The quantitative estimate of drug-likeness (QED) is 0.583. The molecular weight excluding hydrogens is 471 g/mol. The molecule has 0 amide bonds. The van der Waals surface area contributed by atoms with Crippen molar-refractivity contribution in [2.24, 2.45) is 5.73 Å². The van der Waals surface area contributed by atoms with E-state index in [1.165, 1.54) is 17.0 Å². The first-order chi connectivity index (χ1) is 14.7. The Bertz CT molecular complexity index is 1160. The Morgan fingerprint density at radius 3 is 2.48 bits per heavy atom. The molecule has 0 fully saturated rings. The van der Waals surface area contributed by atoms with Gasteiger partial charge in [-0.25, -0.2) is 0 Å². The van der Waals surface area contributed by atoms with Gasteiger partial charge in [0.15, 0.2) is 5.78 Å². The van der Waals surface area contributed by atoms with Crippen molar-refractivity contribution in [2.45, 2.75) is 31.4 Å². The summed E-state index contributed by atoms with van der Waals surface area (Å²) in [4.78, 5) is 14.4. The van der Waals surface area contributed by atoms with Gasteiger partial charge >= 0.3 is 6.18 Å². The summed E-state index contributed by atoms with van der Waals surface area (Å²) in [7, 11) is 0. The predicted molar refractivity (Wildman–Crippen MR) is 114 cm³/mol. The number of halogens is 4. The largest absolute Gasteiger partial charge is 0.416 e. The van der Waals surface area contributed by atoms with Crippen LogP contribution >= 0.6 is 15.9 Å². The average molecular weight is 488 g/mol. The number of carbonyl (C=O) groups excluding carboxylic acids is 1. The Kier molecular flexibility index (Phi) is 5.40. The van der Waals surface area contributed by atoms with Crippen molar-refractivity contribution in [3.8, 4) is 6.07 Å². The van der Waals surface area contributed by atoms with Gasteiger partial charge in [0.2, 0.25) is 0 Å². The van der Waals surface area contributed by atoms with Crippen molar-refractivity contribution in [3.63, 3.8) is 0 Å². The van der Waals surface area contributed by atoms with Crippen molar-refractivity contribution >= 4 is 27.4 Å². The molecule has 0 saturated carbocycles. The SMILES string of the molecule is N#CC1=C(N)N(c2cccc(C(F)(F)F)c2)C2=C(C(=O)CCC2)C1c1ccc(Br)cc1. The molecule has 0 bridgehead atoms. The van der Waals surface area contributed by atoms with Gasteiger partial charge in [-0.2, -0.15) is 18.4 Å². The first-order valence-electron chi connectivity index (χ1n) is 9.61. The van der Waals surface area contributed by atoms with Crippen LogP contribution in [-0.4, -0.2) is 5.78 Å². The molecule has 158 valence electrons. The second kappa shape index (κ2) is 7.89. The van der Waals surface area contributed by atoms with Crippen LogP contribution in [0.5, 0.6) is 0 Å². The van der Waals surface area contributed by atoms with Gasteiger partial charge in [0.05, 0.1) is 23.1 Å². The summed E-state index contributed by atoms with van der Waals surface area (Å²) >= 11 is 3.38. The fourth-order valence-electron chi connectivity index (χ4n) is 4.19. The Morgan fingerprint density at radius 2 is 1.84 bits per heavy atom. The van der Waals surface area contributed by atoms with Crippen LogP contribution in [0.25, 0.3) is 0 Å². The molecule has 1 unspecified atom stereocenters. The number of alkyl halides is 3. The van der Waals surface area contributed by atoms with E-state index in [0.717, 1.165) is 22.2 Å². The molecule has 2 aromatic rings. The van der Waals surface area contributed by atoms with Crippen LogP contribution in [0.4, 0.5) is 18.9 Å². The van der Waals surface area contributed by atoms with Gasteiger partial charge in [-0.1, -0.05) is 34.1 Å². The average Bonchev–Trinajstić information content (AvgIpc) is 2.73. The highest BCUT2D eigenvalue weighted by Crippen LogP contribution is 2.46. The molecule has 4 rings (SSSR count). The first-order valence-corrected chi connectivity index (χ1v) is 10.4. The maximum atomic E-state index is 13.3. The second-order valence-corrected chi connectivity index (χ2v) is 8.33. The van der Waals surface area contributed by atoms with E-state index >= 15 is 0 Å². The van der Waals surface area contributed by atoms with E-state index in [0.29, 0.717) is 30.5 Å². The lowest BCUT2D eigenvalue weighted by atomic mass is 9.75. The normalized spacial score (nSPS) is 19.4. The molecule has 0 aromatic heterocycles. The van der Waals surface area contributed by atoms with Crippen LogP contribution < -0.4 is 10.6 Å². The number of carbonyl (C=O) groups is 1. The minimum absolute atomic E-state index is 0.0446. The summed E-state index contributed by atoms with van der Waals surface area (Å²) in [6.45, 7) is 0. The summed E-state index contributed by atoms with van der Waals surface area (Å²) in [5.41, 5.74) is 7.60. The lowest BCUT2D eigenvalue weighted by Crippen LogP contribution is -2.38. The van der Waals surface area contributed by atoms with Gasteiger partial charge in [0.25, 0.3) is 0 Å². The molecule has 8 heteroatoms. The molecule has 2 aliphatic rings. The Labute approximate surface area is 185 Å². The molecule has 0 radical (unpaired) electrons. The molecule has 1 aliphatic carbocycles. The smallest absolute Gasteiger partial charge is 0.384 e. The summed E-state index contributed by atoms with van der Waals surface area (Å²) in [6, 6.07) is 14.1. The van der Waals surface area contributed by atoms with Gasteiger partial charge in [-0.15, -0.1) is 0 Å². The van der Waals surface area contributed by atoms with E-state index in [1.54, 1.807) is 0 Å². The third-order valence-corrected chi connectivity index (χ3v) is 6.08. The highest BCUT2D eigenvalue weighted by molar-refractivity contribution is 9.10. The van der Waals surface area contributed by atoms with E-state index in [9.17, 15) is 23.2 Å². The van der Waals surface area contributed by atoms with Crippen molar-refractivity contribution in [1.82, 2.24) is 0 Å². The Balaban J connectivity index is 1.94. The van der Waals surface area contributed by atoms with Gasteiger partial charge in [-0.3, -0.25) is 9.69 Å². The third kappa shape index (κ3) is 3.74. The van der Waals surface area contributed by atoms with E-state index in [2.05, 4.69) is 22.0 Å². The van der Waals surface area contributed by atoms with E-state index in [-0.39, 0.29) is 22.9 Å². The summed E-state index contributed by atoms with van der Waals surface area (Å²) in [6.07, 6.45) is -3.16. The van der Waals surface area contributed by atoms with Crippen LogP contribution in [-0.2, 0) is 11.0 Å². The highest BCUT2D eigenvalue weighted by Gasteiger charge is 2.40. The molecule has 1 aliphatic heterocycles. The van der Waals surface area contributed by atoms with Crippen LogP contribution in [0.3, 0.4) is 0 Å².